The highest BCUT2D eigenvalue weighted by atomic mass is 16.3. The van der Waals surface area contributed by atoms with Crippen molar-refractivity contribution in [3.8, 4) is 0 Å². The van der Waals surface area contributed by atoms with Crippen LogP contribution in [0.1, 0.15) is 38.2 Å². The lowest BCUT2D eigenvalue weighted by atomic mass is 9.69. The molecule has 4 rings (SSSR count). The van der Waals surface area contributed by atoms with E-state index in [0.29, 0.717) is 12.5 Å². The highest BCUT2D eigenvalue weighted by molar-refractivity contribution is 5.78. The summed E-state index contributed by atoms with van der Waals surface area (Å²) in [6, 6.07) is 8.66. The number of hydrogen-bond donors (Lipinski definition) is 1. The maximum absolute atomic E-state index is 12.9. The zero-order chi connectivity index (χ0) is 19.7. The van der Waals surface area contributed by atoms with Crippen LogP contribution in [-0.2, 0) is 4.79 Å². The van der Waals surface area contributed by atoms with Gasteiger partial charge in [-0.3, -0.25) is 9.69 Å². The Morgan fingerprint density at radius 2 is 2.00 bits per heavy atom. The van der Waals surface area contributed by atoms with Gasteiger partial charge in [-0.1, -0.05) is 25.5 Å². The fourth-order valence-corrected chi connectivity index (χ4v) is 5.55. The fraction of sp³-hybridized carbons (Fsp3) is 0.696. The molecular formula is C23H35N3O2. The van der Waals surface area contributed by atoms with Gasteiger partial charge in [0.2, 0.25) is 5.91 Å². The first-order valence-electron chi connectivity index (χ1n) is 11.0. The summed E-state index contributed by atoms with van der Waals surface area (Å²) in [7, 11) is 0. The van der Waals surface area contributed by atoms with Crippen LogP contribution in [0, 0.1) is 18.8 Å². The third-order valence-electron chi connectivity index (χ3n) is 7.38. The van der Waals surface area contributed by atoms with Gasteiger partial charge in [0.15, 0.2) is 0 Å². The summed E-state index contributed by atoms with van der Waals surface area (Å²) in [6.07, 6.45) is 3.95. The Balaban J connectivity index is 1.29. The average Bonchev–Trinajstić information content (AvgIpc) is 3.15. The smallest absolute Gasteiger partial charge is 0.236 e. The lowest BCUT2D eigenvalue weighted by Gasteiger charge is -2.40. The average molecular weight is 386 g/mol. The van der Waals surface area contributed by atoms with E-state index in [9.17, 15) is 9.90 Å². The van der Waals surface area contributed by atoms with Crippen molar-refractivity contribution >= 4 is 11.6 Å². The number of anilines is 1. The summed E-state index contributed by atoms with van der Waals surface area (Å²) in [5.74, 6) is 1.01. The van der Waals surface area contributed by atoms with Gasteiger partial charge in [-0.2, -0.15) is 0 Å². The molecule has 5 heteroatoms. The molecule has 0 unspecified atom stereocenters. The van der Waals surface area contributed by atoms with Crippen LogP contribution < -0.4 is 4.90 Å². The predicted molar refractivity (Wildman–Crippen MR) is 112 cm³/mol. The van der Waals surface area contributed by atoms with E-state index >= 15 is 0 Å². The Bertz CT molecular complexity index is 701. The number of rotatable bonds is 4. The number of benzene rings is 1. The largest absolute Gasteiger partial charge is 0.390 e. The Labute approximate surface area is 169 Å². The van der Waals surface area contributed by atoms with Crippen LogP contribution in [0.4, 0.5) is 5.69 Å². The lowest BCUT2D eigenvalue weighted by Crippen LogP contribution is -2.50. The molecule has 3 fully saturated rings. The van der Waals surface area contributed by atoms with Gasteiger partial charge in [-0.15, -0.1) is 0 Å². The van der Waals surface area contributed by atoms with Gasteiger partial charge in [0, 0.05) is 50.9 Å². The minimum Gasteiger partial charge on any atom is -0.390 e. The van der Waals surface area contributed by atoms with Gasteiger partial charge in [0.25, 0.3) is 0 Å². The Kier molecular flexibility index (Phi) is 5.66. The Hall–Kier alpha value is -1.59. The van der Waals surface area contributed by atoms with Crippen molar-refractivity contribution in [3.63, 3.8) is 0 Å². The number of aryl methyl sites for hydroxylation is 1. The number of fused-ring (bicyclic) bond motifs is 1. The van der Waals surface area contributed by atoms with Crippen LogP contribution in [0.25, 0.3) is 0 Å². The second kappa shape index (κ2) is 8.03. The predicted octanol–water partition coefficient (Wildman–Crippen LogP) is 2.52. The number of piperazine rings is 1. The molecule has 1 aromatic rings. The van der Waals surface area contributed by atoms with Gasteiger partial charge in [0.05, 0.1) is 12.1 Å². The van der Waals surface area contributed by atoms with Crippen molar-refractivity contribution in [2.75, 3.05) is 50.7 Å². The fourth-order valence-electron chi connectivity index (χ4n) is 5.55. The first-order valence-corrected chi connectivity index (χ1v) is 11.0. The van der Waals surface area contributed by atoms with Crippen molar-refractivity contribution in [3.05, 3.63) is 29.8 Å². The van der Waals surface area contributed by atoms with E-state index in [1.165, 1.54) is 11.3 Å². The second-order valence-corrected chi connectivity index (χ2v) is 9.12. The minimum absolute atomic E-state index is 0.247. The Morgan fingerprint density at radius 3 is 2.71 bits per heavy atom. The summed E-state index contributed by atoms with van der Waals surface area (Å²) < 4.78 is 0. The zero-order valence-electron chi connectivity index (χ0n) is 17.4. The minimum atomic E-state index is -0.558. The molecule has 3 atom stereocenters. The molecule has 0 spiro atoms. The zero-order valence-corrected chi connectivity index (χ0v) is 17.4. The molecule has 154 valence electrons. The van der Waals surface area contributed by atoms with Gasteiger partial charge in [-0.25, -0.2) is 0 Å². The monoisotopic (exact) mass is 385 g/mol. The molecule has 3 aliphatic rings. The van der Waals surface area contributed by atoms with Crippen LogP contribution in [0.2, 0.25) is 0 Å². The maximum atomic E-state index is 12.9. The second-order valence-electron chi connectivity index (χ2n) is 9.12. The summed E-state index contributed by atoms with van der Waals surface area (Å²) >= 11 is 0. The number of likely N-dealkylation sites (tertiary alicyclic amines) is 1. The highest BCUT2D eigenvalue weighted by Crippen LogP contribution is 2.44. The van der Waals surface area contributed by atoms with Crippen LogP contribution >= 0.6 is 0 Å². The standard InChI is InChI=1S/C23H35N3O2/c1-3-23(28)9-5-7-19-15-26(16-21(19)23)22(27)17-24-10-12-25(13-11-24)20-8-4-6-18(2)14-20/h4,6,8,14,19,21,28H,3,5,7,9-13,15-17H2,1-2H3/t19-,21+,23-/m0/s1. The molecule has 0 radical (unpaired) electrons. The van der Waals surface area contributed by atoms with Crippen molar-refractivity contribution in [2.24, 2.45) is 11.8 Å². The first-order chi connectivity index (χ1) is 13.5. The van der Waals surface area contributed by atoms with Crippen molar-refractivity contribution in [2.45, 2.75) is 45.1 Å². The van der Waals surface area contributed by atoms with E-state index in [1.54, 1.807) is 0 Å². The van der Waals surface area contributed by atoms with E-state index in [-0.39, 0.29) is 11.8 Å². The molecule has 1 N–H and O–H groups in total. The molecule has 1 aliphatic carbocycles. The number of carbonyl (C=O) groups excluding carboxylic acids is 1. The molecule has 0 bridgehead atoms. The van der Waals surface area contributed by atoms with E-state index in [1.807, 2.05) is 4.90 Å². The van der Waals surface area contributed by atoms with Crippen LogP contribution in [0.3, 0.4) is 0 Å². The van der Waals surface area contributed by atoms with Crippen LogP contribution in [0.15, 0.2) is 24.3 Å². The third kappa shape index (κ3) is 3.92. The van der Waals surface area contributed by atoms with E-state index in [0.717, 1.165) is 65.0 Å². The van der Waals surface area contributed by atoms with Crippen molar-refractivity contribution < 1.29 is 9.90 Å². The number of nitrogens with zero attached hydrogens (tertiary/aromatic N) is 3. The SMILES string of the molecule is CC[C@]1(O)CCC[C@H]2CN(C(=O)CN3CCN(c4cccc(C)c4)CC3)C[C@H]21. The van der Waals surface area contributed by atoms with Crippen LogP contribution in [-0.4, -0.2) is 72.2 Å². The molecular weight excluding hydrogens is 350 g/mol. The molecule has 5 nitrogen and oxygen atoms in total. The Morgan fingerprint density at radius 1 is 1.21 bits per heavy atom. The topological polar surface area (TPSA) is 47.0 Å². The number of carbonyl (C=O) groups is 1. The molecule has 28 heavy (non-hydrogen) atoms. The quantitative estimate of drug-likeness (QED) is 0.865. The maximum Gasteiger partial charge on any atom is 0.236 e. The number of hydrogen-bond acceptors (Lipinski definition) is 4. The normalized spacial score (nSPS) is 31.1. The third-order valence-corrected chi connectivity index (χ3v) is 7.38. The summed E-state index contributed by atoms with van der Waals surface area (Å²) in [4.78, 5) is 19.7. The van der Waals surface area contributed by atoms with Gasteiger partial charge >= 0.3 is 0 Å². The van der Waals surface area contributed by atoms with Crippen molar-refractivity contribution in [1.82, 2.24) is 9.80 Å². The van der Waals surface area contributed by atoms with Gasteiger partial charge in [0.1, 0.15) is 0 Å². The lowest BCUT2D eigenvalue weighted by molar-refractivity contribution is -0.132. The van der Waals surface area contributed by atoms with Gasteiger partial charge < -0.3 is 14.9 Å². The molecule has 2 saturated heterocycles. The van der Waals surface area contributed by atoms with Crippen molar-refractivity contribution in [1.29, 1.82) is 0 Å². The number of aliphatic hydroxyl groups is 1. The first kappa shape index (κ1) is 19.7. The molecule has 0 aromatic heterocycles. The van der Waals surface area contributed by atoms with Crippen LogP contribution in [0.5, 0.6) is 0 Å². The van der Waals surface area contributed by atoms with E-state index in [4.69, 9.17) is 0 Å². The van der Waals surface area contributed by atoms with E-state index < -0.39 is 5.60 Å². The molecule has 1 aromatic carbocycles. The summed E-state index contributed by atoms with van der Waals surface area (Å²) in [6.45, 7) is 10.1. The molecule has 2 heterocycles. The van der Waals surface area contributed by atoms with Gasteiger partial charge in [-0.05, 0) is 49.8 Å². The summed E-state index contributed by atoms with van der Waals surface area (Å²) in [5.41, 5.74) is 2.02. The van der Waals surface area contributed by atoms with E-state index in [2.05, 4.69) is 47.9 Å². The molecule has 1 saturated carbocycles. The number of amides is 1. The summed E-state index contributed by atoms with van der Waals surface area (Å²) in [5, 5.41) is 11.0. The molecule has 2 aliphatic heterocycles. The molecule has 1 amide bonds. The highest BCUT2D eigenvalue weighted by Gasteiger charge is 2.48.